The molecular formula is C10H21B3F17NO-2. The van der Waals surface area contributed by atoms with E-state index in [0.717, 1.165) is 17.6 Å². The van der Waals surface area contributed by atoms with Crippen LogP contribution in [0.3, 0.4) is 0 Å². The maximum atomic E-state index is 10.4. The van der Waals surface area contributed by atoms with Gasteiger partial charge in [-0.15, -0.1) is 0 Å². The molecule has 202 valence electrons. The number of methoxy groups -OCH3 is 1. The SMILES string of the molecule is CC[N+](C)(CC)CCOC.FC(F)C(F)(F)F.F[B-](F)(F)F.F[B-](F)(F)F.F[B-](F)(F)F. The van der Waals surface area contributed by atoms with Gasteiger partial charge in [-0.1, -0.05) is 0 Å². The molecule has 0 unspecified atom stereocenters. The zero-order chi connectivity index (χ0) is 27.6. The number of hydrogen-bond donors (Lipinski definition) is 0. The standard InChI is InChI=1S/C8H20NO.C2HF5.3BF4/c1-5-9(3,6-2)7-8-10-4;3-1(4)2(5,6)7;3*2-1(3,4)5/h5-8H2,1-4H3;1H;;;/q+1;;3*-1. The molecule has 0 aromatic heterocycles. The molecule has 32 heavy (non-hydrogen) atoms. The Morgan fingerprint density at radius 2 is 0.875 bits per heavy atom. The van der Waals surface area contributed by atoms with Crippen LogP contribution in [0.25, 0.3) is 0 Å². The highest BCUT2D eigenvalue weighted by atomic mass is 19.5. The van der Waals surface area contributed by atoms with Crippen molar-refractivity contribution in [1.82, 2.24) is 0 Å². The Bertz CT molecular complexity index is 359. The van der Waals surface area contributed by atoms with E-state index in [4.69, 9.17) is 4.74 Å². The third-order valence-electron chi connectivity index (χ3n) is 2.61. The molecule has 0 aromatic rings. The summed E-state index contributed by atoms with van der Waals surface area (Å²) in [6.45, 7) is 8.83. The largest absolute Gasteiger partial charge is 0.673 e. The Labute approximate surface area is 173 Å². The molecule has 0 atom stereocenters. The van der Waals surface area contributed by atoms with E-state index in [1.807, 2.05) is 0 Å². The first-order valence-electron chi connectivity index (χ1n) is 7.92. The highest BCUT2D eigenvalue weighted by molar-refractivity contribution is 6.50. The molecule has 0 aliphatic carbocycles. The van der Waals surface area contributed by atoms with Gasteiger partial charge in [0.2, 0.25) is 0 Å². The normalized spacial score (nSPS) is 12.2. The molecule has 0 rings (SSSR count). The second kappa shape index (κ2) is 18.4. The fourth-order valence-corrected chi connectivity index (χ4v) is 0.852. The molecule has 0 radical (unpaired) electrons. The zero-order valence-electron chi connectivity index (χ0n) is 16.9. The molecule has 0 amide bonds. The van der Waals surface area contributed by atoms with Gasteiger partial charge in [-0.25, -0.2) is 8.78 Å². The van der Waals surface area contributed by atoms with Crippen molar-refractivity contribution >= 4 is 21.8 Å². The maximum Gasteiger partial charge on any atom is 0.673 e. The van der Waals surface area contributed by atoms with Crippen LogP contribution in [0.1, 0.15) is 13.8 Å². The molecule has 2 nitrogen and oxygen atoms in total. The number of nitrogens with zero attached hydrogens (tertiary/aromatic N) is 1. The molecule has 0 aliphatic rings. The van der Waals surface area contributed by atoms with E-state index >= 15 is 0 Å². The van der Waals surface area contributed by atoms with Crippen LogP contribution in [-0.2, 0) is 4.74 Å². The minimum atomic E-state index is -6.00. The van der Waals surface area contributed by atoms with E-state index in [9.17, 15) is 73.7 Å². The quantitative estimate of drug-likeness (QED) is 0.217. The van der Waals surface area contributed by atoms with Gasteiger partial charge in [-0.05, 0) is 13.8 Å². The van der Waals surface area contributed by atoms with Gasteiger partial charge in [0.05, 0.1) is 26.7 Å². The number of hydrogen-bond acceptors (Lipinski definition) is 1. The number of quaternary nitrogens is 1. The number of alkyl halides is 5. The monoisotopic (exact) mass is 527 g/mol. The highest BCUT2D eigenvalue weighted by Crippen LogP contribution is 2.23. The Balaban J connectivity index is -0.0000000984. The molecule has 0 bridgehead atoms. The first-order valence-corrected chi connectivity index (χ1v) is 7.92. The van der Waals surface area contributed by atoms with E-state index in [0.29, 0.717) is 0 Å². The molecule has 0 heterocycles. The minimum Gasteiger partial charge on any atom is -0.418 e. The Morgan fingerprint density at radius 3 is 0.969 bits per heavy atom. The molecule has 0 saturated carbocycles. The summed E-state index contributed by atoms with van der Waals surface area (Å²) >= 11 is 0. The lowest BCUT2D eigenvalue weighted by Crippen LogP contribution is -2.45. The van der Waals surface area contributed by atoms with E-state index < -0.39 is 34.4 Å². The first-order chi connectivity index (χ1) is 13.6. The van der Waals surface area contributed by atoms with Crippen LogP contribution in [0.15, 0.2) is 0 Å². The average Bonchev–Trinajstić information content (AvgIpc) is 2.47. The Hall–Kier alpha value is -1.08. The van der Waals surface area contributed by atoms with Crippen molar-refractivity contribution in [3.8, 4) is 0 Å². The van der Waals surface area contributed by atoms with Crippen molar-refractivity contribution in [2.75, 3.05) is 40.4 Å². The molecule has 0 spiro atoms. The van der Waals surface area contributed by atoms with Crippen molar-refractivity contribution in [3.63, 3.8) is 0 Å². The maximum absolute atomic E-state index is 10.4. The topological polar surface area (TPSA) is 9.23 Å². The van der Waals surface area contributed by atoms with Crippen molar-refractivity contribution in [3.05, 3.63) is 0 Å². The minimum absolute atomic E-state index is 0.873. The highest BCUT2D eigenvalue weighted by Gasteiger charge is 2.40. The second-order valence-corrected chi connectivity index (χ2v) is 5.30. The lowest BCUT2D eigenvalue weighted by molar-refractivity contribution is -0.906. The zero-order valence-corrected chi connectivity index (χ0v) is 16.9. The lowest BCUT2D eigenvalue weighted by atomic mass is 10.3. The molecule has 0 aromatic carbocycles. The summed E-state index contributed by atoms with van der Waals surface area (Å²) in [5.74, 6) is 0. The third-order valence-corrected chi connectivity index (χ3v) is 2.61. The fraction of sp³-hybridized carbons (Fsp3) is 1.00. The van der Waals surface area contributed by atoms with Crippen LogP contribution in [0.2, 0.25) is 0 Å². The summed E-state index contributed by atoms with van der Waals surface area (Å²) < 4.78 is 175. The average molecular weight is 527 g/mol. The Morgan fingerprint density at radius 1 is 0.688 bits per heavy atom. The van der Waals surface area contributed by atoms with Crippen LogP contribution in [0, 0.1) is 0 Å². The van der Waals surface area contributed by atoms with Gasteiger partial charge >= 0.3 is 34.4 Å². The molecule has 0 N–H and O–H groups in total. The number of halogens is 17. The number of rotatable bonds is 5. The summed E-state index contributed by atoms with van der Waals surface area (Å²) in [5.41, 5.74) is 0. The molecule has 0 saturated heterocycles. The molecule has 0 aliphatic heterocycles. The number of likely N-dealkylation sites (N-methyl/N-ethyl adjacent to an activating group) is 1. The van der Waals surface area contributed by atoms with Crippen LogP contribution < -0.4 is 0 Å². The van der Waals surface area contributed by atoms with Crippen molar-refractivity contribution in [1.29, 1.82) is 0 Å². The molecular weight excluding hydrogens is 506 g/mol. The lowest BCUT2D eigenvalue weighted by Gasteiger charge is -2.31. The smallest absolute Gasteiger partial charge is 0.418 e. The van der Waals surface area contributed by atoms with Gasteiger partial charge in [0.25, 0.3) is 0 Å². The Kier molecular flexibility index (Phi) is 23.6. The molecule has 0 fully saturated rings. The van der Waals surface area contributed by atoms with E-state index in [1.54, 1.807) is 7.11 Å². The van der Waals surface area contributed by atoms with Crippen molar-refractivity contribution in [2.45, 2.75) is 26.4 Å². The summed E-state index contributed by atoms with van der Waals surface area (Å²) in [5, 5.41) is 0. The second-order valence-electron chi connectivity index (χ2n) is 5.30. The number of ether oxygens (including phenoxy) is 1. The van der Waals surface area contributed by atoms with Crippen molar-refractivity contribution < 1.29 is 83.0 Å². The van der Waals surface area contributed by atoms with Crippen LogP contribution in [-0.4, -0.2) is 79.2 Å². The van der Waals surface area contributed by atoms with Crippen LogP contribution in [0.5, 0.6) is 0 Å². The van der Waals surface area contributed by atoms with E-state index in [-0.39, 0.29) is 0 Å². The van der Waals surface area contributed by atoms with Gasteiger partial charge in [0.15, 0.2) is 0 Å². The van der Waals surface area contributed by atoms with E-state index in [1.165, 1.54) is 13.1 Å². The summed E-state index contributed by atoms with van der Waals surface area (Å²) in [6, 6.07) is 0. The van der Waals surface area contributed by atoms with E-state index in [2.05, 4.69) is 20.9 Å². The predicted octanol–water partition coefficient (Wildman–Crippen LogP) is 6.83. The van der Waals surface area contributed by atoms with Gasteiger partial charge in [0.1, 0.15) is 6.54 Å². The van der Waals surface area contributed by atoms with Gasteiger partial charge < -0.3 is 61.0 Å². The van der Waals surface area contributed by atoms with Gasteiger partial charge in [-0.2, -0.15) is 13.2 Å². The summed E-state index contributed by atoms with van der Waals surface area (Å²) in [4.78, 5) is 0. The summed E-state index contributed by atoms with van der Waals surface area (Å²) in [6.07, 6.45) is -9.53. The predicted molar refractivity (Wildman–Crippen MR) is 86.6 cm³/mol. The third kappa shape index (κ3) is 88.9. The molecule has 22 heteroatoms. The first kappa shape index (κ1) is 41.2. The van der Waals surface area contributed by atoms with Crippen LogP contribution >= 0.6 is 0 Å². The van der Waals surface area contributed by atoms with Crippen LogP contribution in [0.4, 0.5) is 73.7 Å². The fourth-order valence-electron chi connectivity index (χ4n) is 0.852. The van der Waals surface area contributed by atoms with Gasteiger partial charge in [-0.3, -0.25) is 0 Å². The van der Waals surface area contributed by atoms with Crippen molar-refractivity contribution in [2.24, 2.45) is 0 Å². The summed E-state index contributed by atoms with van der Waals surface area (Å²) in [7, 11) is -14.0. The van der Waals surface area contributed by atoms with Gasteiger partial charge in [0, 0.05) is 7.11 Å².